The molecule has 0 radical (unpaired) electrons. The van der Waals surface area contributed by atoms with Crippen LogP contribution in [0.2, 0.25) is 0 Å². The van der Waals surface area contributed by atoms with Crippen molar-refractivity contribution < 1.29 is 13.2 Å². The number of nitrogens with one attached hydrogen (secondary N) is 1. The van der Waals surface area contributed by atoms with Crippen LogP contribution in [0.15, 0.2) is 21.5 Å². The van der Waals surface area contributed by atoms with E-state index < -0.39 is 9.84 Å². The molecule has 2 rings (SSSR count). The Balaban J connectivity index is 2.55. The lowest BCUT2D eigenvalue weighted by molar-refractivity contribution is 0.399. The van der Waals surface area contributed by atoms with Crippen molar-refractivity contribution >= 4 is 25.8 Å². The van der Waals surface area contributed by atoms with Crippen LogP contribution in [0.4, 0.5) is 0 Å². The highest BCUT2D eigenvalue weighted by Crippen LogP contribution is 2.36. The van der Waals surface area contributed by atoms with Gasteiger partial charge in [-0.3, -0.25) is 0 Å². The first-order valence-electron chi connectivity index (χ1n) is 5.74. The van der Waals surface area contributed by atoms with E-state index >= 15 is 0 Å². The minimum absolute atomic E-state index is 0.229. The molecule has 4 nitrogen and oxygen atoms in total. The van der Waals surface area contributed by atoms with Gasteiger partial charge in [-0.05, 0) is 53.0 Å². The number of hydrogen-bond donors (Lipinski definition) is 1. The van der Waals surface area contributed by atoms with Crippen LogP contribution in [0, 0.1) is 0 Å². The summed E-state index contributed by atoms with van der Waals surface area (Å²) in [5.74, 6) is 0.374. The van der Waals surface area contributed by atoms with Crippen LogP contribution in [0.3, 0.4) is 0 Å². The highest BCUT2D eigenvalue weighted by molar-refractivity contribution is 9.10. The Morgan fingerprint density at radius 3 is 2.67 bits per heavy atom. The predicted molar refractivity (Wildman–Crippen MR) is 73.8 cm³/mol. The Morgan fingerprint density at radius 1 is 1.44 bits per heavy atom. The number of halogens is 1. The van der Waals surface area contributed by atoms with Gasteiger partial charge in [0.15, 0.2) is 15.6 Å². The molecular weight excluding hydrogens is 318 g/mol. The normalized spacial score (nSPS) is 20.1. The molecule has 0 saturated carbocycles. The van der Waals surface area contributed by atoms with Crippen molar-refractivity contribution in [2.45, 2.75) is 23.8 Å². The van der Waals surface area contributed by atoms with E-state index in [4.69, 9.17) is 4.74 Å². The van der Waals surface area contributed by atoms with Crippen LogP contribution in [0.5, 0.6) is 5.75 Å². The van der Waals surface area contributed by atoms with Gasteiger partial charge in [0.2, 0.25) is 0 Å². The minimum Gasteiger partial charge on any atom is -0.494 e. The van der Waals surface area contributed by atoms with Gasteiger partial charge >= 0.3 is 0 Å². The Morgan fingerprint density at radius 2 is 2.17 bits per heavy atom. The van der Waals surface area contributed by atoms with Crippen LogP contribution in [-0.4, -0.2) is 28.3 Å². The monoisotopic (exact) mass is 333 g/mol. The number of methoxy groups -OCH3 is 1. The first-order chi connectivity index (χ1) is 8.43. The largest absolute Gasteiger partial charge is 0.494 e. The number of benzene rings is 1. The molecule has 1 aliphatic rings. The lowest BCUT2D eigenvalue weighted by Gasteiger charge is -2.16. The molecule has 0 amide bonds. The number of sulfone groups is 1. The third-order valence-corrected chi connectivity index (χ3v) is 4.79. The Labute approximate surface area is 116 Å². The summed E-state index contributed by atoms with van der Waals surface area (Å²) >= 11 is 3.38. The molecule has 0 bridgehead atoms. The van der Waals surface area contributed by atoms with Crippen molar-refractivity contribution in [1.82, 2.24) is 5.32 Å². The number of ether oxygens (including phenoxy) is 1. The summed E-state index contributed by atoms with van der Waals surface area (Å²) in [6.07, 6.45) is 3.34. The molecule has 6 heteroatoms. The highest BCUT2D eigenvalue weighted by Gasteiger charge is 2.23. The maximum absolute atomic E-state index is 11.8. The van der Waals surface area contributed by atoms with Crippen LogP contribution in [-0.2, 0) is 9.84 Å². The zero-order valence-electron chi connectivity index (χ0n) is 10.4. The molecule has 1 atom stereocenters. The van der Waals surface area contributed by atoms with Gasteiger partial charge in [0.05, 0.1) is 11.6 Å². The summed E-state index contributed by atoms with van der Waals surface area (Å²) in [6, 6.07) is 3.87. The zero-order chi connectivity index (χ0) is 13.3. The lowest BCUT2D eigenvalue weighted by Crippen LogP contribution is -2.14. The molecule has 1 aromatic carbocycles. The second-order valence-electron chi connectivity index (χ2n) is 4.46. The van der Waals surface area contributed by atoms with E-state index in [1.165, 1.54) is 13.4 Å². The van der Waals surface area contributed by atoms with Gasteiger partial charge in [-0.2, -0.15) is 0 Å². The molecule has 1 aliphatic heterocycles. The maximum Gasteiger partial charge on any atom is 0.179 e. The van der Waals surface area contributed by atoms with Crippen LogP contribution < -0.4 is 10.1 Å². The predicted octanol–water partition coefficient (Wildman–Crippen LogP) is 2.29. The third kappa shape index (κ3) is 2.70. The van der Waals surface area contributed by atoms with Gasteiger partial charge in [-0.1, -0.05) is 0 Å². The van der Waals surface area contributed by atoms with Gasteiger partial charge < -0.3 is 10.1 Å². The highest BCUT2D eigenvalue weighted by atomic mass is 79.9. The smallest absolute Gasteiger partial charge is 0.179 e. The van der Waals surface area contributed by atoms with E-state index in [9.17, 15) is 8.42 Å². The van der Waals surface area contributed by atoms with Gasteiger partial charge in [0.1, 0.15) is 4.90 Å². The molecule has 0 aromatic heterocycles. The molecule has 1 heterocycles. The number of hydrogen-bond acceptors (Lipinski definition) is 4. The molecule has 100 valence electrons. The van der Waals surface area contributed by atoms with Gasteiger partial charge in [0, 0.05) is 12.3 Å². The lowest BCUT2D eigenvalue weighted by atomic mass is 10.1. The SMILES string of the molecule is COc1c(Br)cc(C2CCCN2)cc1S(C)(=O)=O. The second kappa shape index (κ2) is 5.19. The Hall–Kier alpha value is -0.590. The van der Waals surface area contributed by atoms with Gasteiger partial charge in [0.25, 0.3) is 0 Å². The van der Waals surface area contributed by atoms with Crippen molar-refractivity contribution in [1.29, 1.82) is 0 Å². The molecule has 18 heavy (non-hydrogen) atoms. The summed E-state index contributed by atoms with van der Waals surface area (Å²) in [5, 5.41) is 3.36. The Bertz CT molecular complexity index is 551. The molecule has 1 aromatic rings. The summed E-state index contributed by atoms with van der Waals surface area (Å²) in [6.45, 7) is 0.975. The first-order valence-corrected chi connectivity index (χ1v) is 8.43. The average molecular weight is 334 g/mol. The van der Waals surface area contributed by atoms with Crippen molar-refractivity contribution in [3.63, 3.8) is 0 Å². The molecule has 0 aliphatic carbocycles. The third-order valence-electron chi connectivity index (χ3n) is 3.10. The van der Waals surface area contributed by atoms with E-state index in [-0.39, 0.29) is 10.9 Å². The summed E-state index contributed by atoms with van der Waals surface area (Å²) in [7, 11) is -1.83. The van der Waals surface area contributed by atoms with E-state index in [1.807, 2.05) is 6.07 Å². The fourth-order valence-electron chi connectivity index (χ4n) is 2.23. The Kier molecular flexibility index (Phi) is 3.99. The summed E-state index contributed by atoms with van der Waals surface area (Å²) in [4.78, 5) is 0.239. The van der Waals surface area contributed by atoms with E-state index in [0.29, 0.717) is 10.2 Å². The fraction of sp³-hybridized carbons (Fsp3) is 0.500. The van der Waals surface area contributed by atoms with Crippen molar-refractivity contribution in [3.8, 4) is 5.75 Å². The molecular formula is C12H16BrNO3S. The van der Waals surface area contributed by atoms with Crippen LogP contribution in [0.1, 0.15) is 24.4 Å². The maximum atomic E-state index is 11.8. The zero-order valence-corrected chi connectivity index (χ0v) is 12.8. The standard InChI is InChI=1S/C12H16BrNO3S/c1-17-12-9(13)6-8(10-4-3-5-14-10)7-11(12)18(2,15)16/h6-7,10,14H,3-5H2,1-2H3. The summed E-state index contributed by atoms with van der Waals surface area (Å²) in [5.41, 5.74) is 0.987. The van der Waals surface area contributed by atoms with Gasteiger partial charge in [-0.15, -0.1) is 0 Å². The average Bonchev–Trinajstić information content (AvgIpc) is 2.80. The molecule has 1 unspecified atom stereocenters. The van der Waals surface area contributed by atoms with Crippen molar-refractivity contribution in [2.24, 2.45) is 0 Å². The topological polar surface area (TPSA) is 55.4 Å². The van der Waals surface area contributed by atoms with E-state index in [0.717, 1.165) is 24.9 Å². The molecule has 1 saturated heterocycles. The van der Waals surface area contributed by atoms with Crippen LogP contribution >= 0.6 is 15.9 Å². The molecule has 1 fully saturated rings. The summed E-state index contributed by atoms with van der Waals surface area (Å²) < 4.78 is 29.5. The second-order valence-corrected chi connectivity index (χ2v) is 7.29. The number of rotatable bonds is 3. The van der Waals surface area contributed by atoms with E-state index in [1.54, 1.807) is 6.07 Å². The first kappa shape index (κ1) is 13.8. The quantitative estimate of drug-likeness (QED) is 0.921. The fourth-order valence-corrected chi connectivity index (χ4v) is 3.88. The molecule has 1 N–H and O–H groups in total. The minimum atomic E-state index is -3.30. The van der Waals surface area contributed by atoms with Crippen molar-refractivity contribution in [3.05, 3.63) is 22.2 Å². The van der Waals surface area contributed by atoms with Crippen LogP contribution in [0.25, 0.3) is 0 Å². The van der Waals surface area contributed by atoms with Crippen molar-refractivity contribution in [2.75, 3.05) is 19.9 Å². The van der Waals surface area contributed by atoms with E-state index in [2.05, 4.69) is 21.2 Å². The van der Waals surface area contributed by atoms with Gasteiger partial charge in [-0.25, -0.2) is 8.42 Å². The molecule has 0 spiro atoms.